The van der Waals surface area contributed by atoms with Crippen molar-refractivity contribution in [3.05, 3.63) is 71.4 Å². The Morgan fingerprint density at radius 3 is 2.66 bits per heavy atom. The van der Waals surface area contributed by atoms with Crippen LogP contribution < -0.4 is 9.64 Å². The molecule has 0 aliphatic rings. The van der Waals surface area contributed by atoms with Gasteiger partial charge in [0.25, 0.3) is 0 Å². The standard InChI is InChI=1S/C21H18N4O3S/c1-24(21-22-10-11-29-21)18(26)13-25-17-12-15(28-2)8-9-16(17)19(23-25)20(27)14-6-4-3-5-7-14/h3-12H,13H2,1-2H3. The molecule has 146 valence electrons. The van der Waals surface area contributed by atoms with E-state index in [-0.39, 0.29) is 18.2 Å². The smallest absolute Gasteiger partial charge is 0.250 e. The minimum absolute atomic E-state index is 0.0260. The molecule has 4 aromatic rings. The van der Waals surface area contributed by atoms with Gasteiger partial charge in [-0.1, -0.05) is 30.3 Å². The van der Waals surface area contributed by atoms with E-state index >= 15 is 0 Å². The predicted octanol–water partition coefficient (Wildman–Crippen LogP) is 3.40. The lowest BCUT2D eigenvalue weighted by molar-refractivity contribution is -0.119. The molecule has 0 spiro atoms. The third-order valence-electron chi connectivity index (χ3n) is 4.58. The number of likely N-dealkylation sites (N-methyl/N-ethyl adjacent to an activating group) is 1. The molecule has 0 radical (unpaired) electrons. The molecule has 0 fully saturated rings. The summed E-state index contributed by atoms with van der Waals surface area (Å²) in [5.41, 5.74) is 1.50. The van der Waals surface area contributed by atoms with Gasteiger partial charge in [-0.3, -0.25) is 19.2 Å². The molecule has 0 bridgehead atoms. The first-order valence-corrected chi connectivity index (χ1v) is 9.77. The number of rotatable bonds is 6. The van der Waals surface area contributed by atoms with Crippen LogP contribution in [0.25, 0.3) is 10.9 Å². The first-order valence-electron chi connectivity index (χ1n) is 8.89. The highest BCUT2D eigenvalue weighted by Gasteiger charge is 2.22. The monoisotopic (exact) mass is 406 g/mol. The second kappa shape index (κ2) is 7.84. The van der Waals surface area contributed by atoms with Crippen molar-refractivity contribution in [3.8, 4) is 5.75 Å². The second-order valence-corrected chi connectivity index (χ2v) is 7.22. The Morgan fingerprint density at radius 1 is 1.17 bits per heavy atom. The van der Waals surface area contributed by atoms with Crippen LogP contribution in [0.2, 0.25) is 0 Å². The zero-order valence-corrected chi connectivity index (χ0v) is 16.7. The van der Waals surface area contributed by atoms with E-state index in [1.807, 2.05) is 23.6 Å². The molecule has 0 saturated carbocycles. The molecular weight excluding hydrogens is 388 g/mol. The van der Waals surface area contributed by atoms with Gasteiger partial charge < -0.3 is 4.74 Å². The van der Waals surface area contributed by atoms with Gasteiger partial charge in [0.2, 0.25) is 11.7 Å². The Hall–Kier alpha value is -3.52. The highest BCUT2D eigenvalue weighted by Crippen LogP contribution is 2.26. The van der Waals surface area contributed by atoms with Crippen LogP contribution in [0.4, 0.5) is 5.13 Å². The molecule has 0 aliphatic carbocycles. The summed E-state index contributed by atoms with van der Waals surface area (Å²) < 4.78 is 6.86. The minimum atomic E-state index is -0.194. The number of thiazole rings is 1. The highest BCUT2D eigenvalue weighted by atomic mass is 32.1. The maximum absolute atomic E-state index is 13.0. The first kappa shape index (κ1) is 18.8. The molecule has 0 N–H and O–H groups in total. The van der Waals surface area contributed by atoms with E-state index in [9.17, 15) is 9.59 Å². The van der Waals surface area contributed by atoms with Gasteiger partial charge in [0.15, 0.2) is 5.13 Å². The Balaban J connectivity index is 1.75. The minimum Gasteiger partial charge on any atom is -0.497 e. The van der Waals surface area contributed by atoms with Crippen LogP contribution in [0, 0.1) is 0 Å². The third kappa shape index (κ3) is 3.62. The van der Waals surface area contributed by atoms with Crippen molar-refractivity contribution in [1.29, 1.82) is 0 Å². The first-order chi connectivity index (χ1) is 14.1. The van der Waals surface area contributed by atoms with Crippen LogP contribution in [0.5, 0.6) is 5.75 Å². The number of aromatic nitrogens is 3. The van der Waals surface area contributed by atoms with E-state index < -0.39 is 0 Å². The lowest BCUT2D eigenvalue weighted by Crippen LogP contribution is -2.30. The number of hydrogen-bond donors (Lipinski definition) is 0. The summed E-state index contributed by atoms with van der Waals surface area (Å²) in [5.74, 6) is 0.240. The van der Waals surface area contributed by atoms with Gasteiger partial charge in [0.1, 0.15) is 18.0 Å². The van der Waals surface area contributed by atoms with Crippen LogP contribution in [-0.4, -0.2) is 40.6 Å². The Morgan fingerprint density at radius 2 is 1.97 bits per heavy atom. The molecule has 0 atom stereocenters. The largest absolute Gasteiger partial charge is 0.497 e. The number of benzene rings is 2. The quantitative estimate of drug-likeness (QED) is 0.459. The van der Waals surface area contributed by atoms with Gasteiger partial charge in [-0.25, -0.2) is 4.98 Å². The molecule has 0 saturated heterocycles. The van der Waals surface area contributed by atoms with E-state index in [1.54, 1.807) is 55.4 Å². The van der Waals surface area contributed by atoms with E-state index in [4.69, 9.17) is 4.74 Å². The predicted molar refractivity (Wildman–Crippen MR) is 112 cm³/mol. The van der Waals surface area contributed by atoms with Gasteiger partial charge >= 0.3 is 0 Å². The number of amides is 1. The number of carbonyl (C=O) groups is 2. The van der Waals surface area contributed by atoms with Crippen molar-refractivity contribution in [2.45, 2.75) is 6.54 Å². The number of methoxy groups -OCH3 is 1. The summed E-state index contributed by atoms with van der Waals surface area (Å²) in [6, 6.07) is 14.3. The van der Waals surface area contributed by atoms with Crippen molar-refractivity contribution < 1.29 is 14.3 Å². The number of fused-ring (bicyclic) bond motifs is 1. The van der Waals surface area contributed by atoms with Gasteiger partial charge in [0.05, 0.1) is 12.6 Å². The van der Waals surface area contributed by atoms with Gasteiger partial charge in [-0.15, -0.1) is 11.3 Å². The van der Waals surface area contributed by atoms with Crippen molar-refractivity contribution in [2.75, 3.05) is 19.1 Å². The average molecular weight is 406 g/mol. The molecule has 8 heteroatoms. The summed E-state index contributed by atoms with van der Waals surface area (Å²) in [4.78, 5) is 31.4. The fourth-order valence-electron chi connectivity index (χ4n) is 3.02. The average Bonchev–Trinajstić information content (AvgIpc) is 3.41. The van der Waals surface area contributed by atoms with E-state index in [0.717, 1.165) is 0 Å². The SMILES string of the molecule is COc1ccc2c(C(=O)c3ccccc3)nn(CC(=O)N(C)c3nccs3)c2c1. The highest BCUT2D eigenvalue weighted by molar-refractivity contribution is 7.13. The van der Waals surface area contributed by atoms with Gasteiger partial charge in [-0.05, 0) is 12.1 Å². The van der Waals surface area contributed by atoms with Crippen LogP contribution >= 0.6 is 11.3 Å². The molecule has 0 aliphatic heterocycles. The summed E-state index contributed by atoms with van der Waals surface area (Å²) >= 11 is 1.38. The van der Waals surface area contributed by atoms with Crippen LogP contribution in [0.1, 0.15) is 16.1 Å². The maximum Gasteiger partial charge on any atom is 0.250 e. The number of ketones is 1. The lowest BCUT2D eigenvalue weighted by atomic mass is 10.1. The molecule has 0 unspecified atom stereocenters. The van der Waals surface area contributed by atoms with Crippen LogP contribution in [0.3, 0.4) is 0 Å². The van der Waals surface area contributed by atoms with Crippen molar-refractivity contribution in [3.63, 3.8) is 0 Å². The summed E-state index contributed by atoms with van der Waals surface area (Å²) in [5, 5.41) is 7.57. The fourth-order valence-corrected chi connectivity index (χ4v) is 3.64. The Bertz CT molecular complexity index is 1170. The van der Waals surface area contributed by atoms with Crippen molar-refractivity contribution in [2.24, 2.45) is 0 Å². The molecule has 2 heterocycles. The van der Waals surface area contributed by atoms with E-state index in [2.05, 4.69) is 10.1 Å². The van der Waals surface area contributed by atoms with E-state index in [1.165, 1.54) is 16.2 Å². The summed E-state index contributed by atoms with van der Waals surface area (Å²) in [6.07, 6.45) is 1.65. The summed E-state index contributed by atoms with van der Waals surface area (Å²) in [6.45, 7) is -0.0260. The van der Waals surface area contributed by atoms with Gasteiger partial charge in [-0.2, -0.15) is 5.10 Å². The van der Waals surface area contributed by atoms with Crippen molar-refractivity contribution in [1.82, 2.24) is 14.8 Å². The topological polar surface area (TPSA) is 77.3 Å². The molecule has 4 rings (SSSR count). The van der Waals surface area contributed by atoms with Crippen molar-refractivity contribution >= 4 is 39.1 Å². The number of ether oxygens (including phenoxy) is 1. The van der Waals surface area contributed by atoms with E-state index in [0.29, 0.717) is 33.0 Å². The lowest BCUT2D eigenvalue weighted by Gasteiger charge is -2.14. The number of anilines is 1. The number of hydrogen-bond acceptors (Lipinski definition) is 6. The normalized spacial score (nSPS) is 10.8. The zero-order chi connectivity index (χ0) is 20.4. The molecule has 2 aromatic heterocycles. The number of nitrogens with zero attached hydrogens (tertiary/aromatic N) is 4. The fraction of sp³-hybridized carbons (Fsp3) is 0.143. The van der Waals surface area contributed by atoms with Crippen LogP contribution in [0.15, 0.2) is 60.1 Å². The molecular formula is C21H18N4O3S. The zero-order valence-electron chi connectivity index (χ0n) is 15.9. The number of carbonyl (C=O) groups excluding carboxylic acids is 2. The molecule has 29 heavy (non-hydrogen) atoms. The molecule has 7 nitrogen and oxygen atoms in total. The van der Waals surface area contributed by atoms with Gasteiger partial charge in [0, 0.05) is 35.6 Å². The maximum atomic E-state index is 13.0. The Kier molecular flexibility index (Phi) is 5.09. The van der Waals surface area contributed by atoms with Crippen LogP contribution in [-0.2, 0) is 11.3 Å². The Labute approximate surface area is 171 Å². The second-order valence-electron chi connectivity index (χ2n) is 6.35. The summed E-state index contributed by atoms with van der Waals surface area (Å²) in [7, 11) is 3.24. The molecule has 1 amide bonds. The molecule has 2 aromatic carbocycles. The third-order valence-corrected chi connectivity index (χ3v) is 5.42.